The monoisotopic (exact) mass is 257 g/mol. The summed E-state index contributed by atoms with van der Waals surface area (Å²) in [5, 5.41) is 0. The molecule has 0 aliphatic heterocycles. The van der Waals surface area contributed by atoms with Crippen LogP contribution in [-0.2, 0) is 6.61 Å². The van der Waals surface area contributed by atoms with Gasteiger partial charge in [-0.15, -0.1) is 0 Å². The summed E-state index contributed by atoms with van der Waals surface area (Å²) in [6.07, 6.45) is 1.71. The SMILES string of the molecule is CC(C)c1cccc(OCc2cc(NN)ccn2)c1. The average Bonchev–Trinajstić information content (AvgIpc) is 2.45. The highest BCUT2D eigenvalue weighted by Gasteiger charge is 2.02. The van der Waals surface area contributed by atoms with Gasteiger partial charge in [-0.25, -0.2) is 0 Å². The predicted molar refractivity (Wildman–Crippen MR) is 76.9 cm³/mol. The van der Waals surface area contributed by atoms with Crippen molar-refractivity contribution in [2.45, 2.75) is 26.4 Å². The number of hydrogen-bond donors (Lipinski definition) is 2. The van der Waals surface area contributed by atoms with Gasteiger partial charge >= 0.3 is 0 Å². The number of hydrazine groups is 1. The first kappa shape index (κ1) is 13.4. The summed E-state index contributed by atoms with van der Waals surface area (Å²) < 4.78 is 5.75. The molecule has 0 radical (unpaired) electrons. The third-order valence-corrected chi connectivity index (χ3v) is 2.89. The lowest BCUT2D eigenvalue weighted by atomic mass is 10.0. The van der Waals surface area contributed by atoms with Crippen LogP contribution in [0.3, 0.4) is 0 Å². The van der Waals surface area contributed by atoms with Crippen molar-refractivity contribution in [1.29, 1.82) is 0 Å². The zero-order valence-electron chi connectivity index (χ0n) is 11.3. The molecular weight excluding hydrogens is 238 g/mol. The number of aromatic nitrogens is 1. The molecular formula is C15H19N3O. The molecule has 0 saturated carbocycles. The zero-order valence-corrected chi connectivity index (χ0v) is 11.3. The Balaban J connectivity index is 2.03. The van der Waals surface area contributed by atoms with Gasteiger partial charge < -0.3 is 10.2 Å². The van der Waals surface area contributed by atoms with Crippen LogP contribution in [0.25, 0.3) is 0 Å². The van der Waals surface area contributed by atoms with E-state index >= 15 is 0 Å². The van der Waals surface area contributed by atoms with Gasteiger partial charge in [0.05, 0.1) is 11.4 Å². The summed E-state index contributed by atoms with van der Waals surface area (Å²) >= 11 is 0. The minimum absolute atomic E-state index is 0.428. The molecule has 100 valence electrons. The number of nitrogens with one attached hydrogen (secondary N) is 1. The molecule has 4 heteroatoms. The lowest BCUT2D eigenvalue weighted by Crippen LogP contribution is -2.08. The van der Waals surface area contributed by atoms with E-state index in [0.717, 1.165) is 17.1 Å². The van der Waals surface area contributed by atoms with Crippen molar-refractivity contribution in [2.75, 3.05) is 5.43 Å². The van der Waals surface area contributed by atoms with Crippen molar-refractivity contribution < 1.29 is 4.74 Å². The Morgan fingerprint density at radius 1 is 1.26 bits per heavy atom. The van der Waals surface area contributed by atoms with Crippen molar-refractivity contribution in [3.05, 3.63) is 53.9 Å². The van der Waals surface area contributed by atoms with E-state index in [1.54, 1.807) is 6.20 Å². The first-order valence-corrected chi connectivity index (χ1v) is 6.33. The summed E-state index contributed by atoms with van der Waals surface area (Å²) in [4.78, 5) is 4.24. The third-order valence-electron chi connectivity index (χ3n) is 2.89. The molecule has 0 unspecified atom stereocenters. The molecule has 19 heavy (non-hydrogen) atoms. The van der Waals surface area contributed by atoms with Crippen molar-refractivity contribution in [3.63, 3.8) is 0 Å². The normalized spacial score (nSPS) is 10.5. The van der Waals surface area contributed by atoms with E-state index in [2.05, 4.69) is 36.4 Å². The fraction of sp³-hybridized carbons (Fsp3) is 0.267. The van der Waals surface area contributed by atoms with E-state index in [-0.39, 0.29) is 0 Å². The molecule has 2 rings (SSSR count). The smallest absolute Gasteiger partial charge is 0.130 e. The maximum atomic E-state index is 5.75. The van der Waals surface area contributed by atoms with Crippen LogP contribution in [0.15, 0.2) is 42.6 Å². The lowest BCUT2D eigenvalue weighted by molar-refractivity contribution is 0.301. The average molecular weight is 257 g/mol. The van der Waals surface area contributed by atoms with E-state index in [1.165, 1.54) is 5.56 Å². The fourth-order valence-corrected chi connectivity index (χ4v) is 1.77. The summed E-state index contributed by atoms with van der Waals surface area (Å²) in [6.45, 7) is 4.76. The van der Waals surface area contributed by atoms with Crippen LogP contribution in [0.4, 0.5) is 5.69 Å². The number of anilines is 1. The van der Waals surface area contributed by atoms with Crippen molar-refractivity contribution in [1.82, 2.24) is 4.98 Å². The van der Waals surface area contributed by atoms with Crippen LogP contribution < -0.4 is 16.0 Å². The quantitative estimate of drug-likeness (QED) is 0.638. The highest BCUT2D eigenvalue weighted by molar-refractivity contribution is 5.41. The van der Waals surface area contributed by atoms with E-state index in [0.29, 0.717) is 12.5 Å². The van der Waals surface area contributed by atoms with Crippen LogP contribution in [0.5, 0.6) is 5.75 Å². The topological polar surface area (TPSA) is 60.2 Å². The van der Waals surface area contributed by atoms with Gasteiger partial charge in [0.25, 0.3) is 0 Å². The molecule has 1 aromatic carbocycles. The molecule has 0 atom stereocenters. The first-order chi connectivity index (χ1) is 9.19. The Morgan fingerprint density at radius 2 is 2.11 bits per heavy atom. The molecule has 1 aromatic heterocycles. The fourth-order valence-electron chi connectivity index (χ4n) is 1.77. The van der Waals surface area contributed by atoms with Crippen LogP contribution >= 0.6 is 0 Å². The standard InChI is InChI=1S/C15H19N3O/c1-11(2)12-4-3-5-15(8-12)19-10-14-9-13(18-16)6-7-17-14/h3-9,11H,10,16H2,1-2H3,(H,17,18). The maximum Gasteiger partial charge on any atom is 0.130 e. The Labute approximate surface area is 113 Å². The first-order valence-electron chi connectivity index (χ1n) is 6.33. The van der Waals surface area contributed by atoms with E-state index < -0.39 is 0 Å². The molecule has 0 aliphatic carbocycles. The summed E-state index contributed by atoms with van der Waals surface area (Å²) in [5.41, 5.74) is 5.52. The van der Waals surface area contributed by atoms with Gasteiger partial charge in [0.15, 0.2) is 0 Å². The molecule has 0 aliphatic rings. The van der Waals surface area contributed by atoms with Crippen LogP contribution in [0.2, 0.25) is 0 Å². The molecule has 0 bridgehead atoms. The number of benzene rings is 1. The summed E-state index contributed by atoms with van der Waals surface area (Å²) in [5.74, 6) is 6.71. The Bertz CT molecular complexity index is 540. The molecule has 0 amide bonds. The largest absolute Gasteiger partial charge is 0.487 e. The van der Waals surface area contributed by atoms with Gasteiger partial charge in [-0.2, -0.15) is 0 Å². The molecule has 0 saturated heterocycles. The van der Waals surface area contributed by atoms with E-state index in [4.69, 9.17) is 10.6 Å². The number of nitrogen functional groups attached to an aromatic ring is 1. The number of nitrogens with two attached hydrogens (primary N) is 1. The lowest BCUT2D eigenvalue weighted by Gasteiger charge is -2.10. The van der Waals surface area contributed by atoms with Gasteiger partial charge in [0, 0.05) is 6.20 Å². The van der Waals surface area contributed by atoms with Gasteiger partial charge in [-0.05, 0) is 35.7 Å². The molecule has 3 N–H and O–H groups in total. The zero-order chi connectivity index (χ0) is 13.7. The third kappa shape index (κ3) is 3.69. The predicted octanol–water partition coefficient (Wildman–Crippen LogP) is 3.07. The highest BCUT2D eigenvalue weighted by atomic mass is 16.5. The van der Waals surface area contributed by atoms with Crippen molar-refractivity contribution in [3.8, 4) is 5.75 Å². The number of pyridine rings is 1. The summed E-state index contributed by atoms with van der Waals surface area (Å²) in [6, 6.07) is 11.8. The van der Waals surface area contributed by atoms with Gasteiger partial charge in [0.1, 0.15) is 12.4 Å². The number of nitrogens with zero attached hydrogens (tertiary/aromatic N) is 1. The van der Waals surface area contributed by atoms with Gasteiger partial charge in [0.2, 0.25) is 0 Å². The van der Waals surface area contributed by atoms with Crippen molar-refractivity contribution in [2.24, 2.45) is 5.84 Å². The number of hydrogen-bond acceptors (Lipinski definition) is 4. The minimum Gasteiger partial charge on any atom is -0.487 e. The van der Waals surface area contributed by atoms with Crippen LogP contribution in [0, 0.1) is 0 Å². The van der Waals surface area contributed by atoms with Gasteiger partial charge in [-0.1, -0.05) is 26.0 Å². The number of ether oxygens (including phenoxy) is 1. The molecule has 0 fully saturated rings. The molecule has 2 aromatic rings. The Kier molecular flexibility index (Phi) is 4.36. The highest BCUT2D eigenvalue weighted by Crippen LogP contribution is 2.21. The second-order valence-electron chi connectivity index (χ2n) is 4.70. The second-order valence-corrected chi connectivity index (χ2v) is 4.70. The second kappa shape index (κ2) is 6.20. The maximum absolute atomic E-state index is 5.75. The molecule has 4 nitrogen and oxygen atoms in total. The number of rotatable bonds is 5. The van der Waals surface area contributed by atoms with E-state index in [9.17, 15) is 0 Å². The summed E-state index contributed by atoms with van der Waals surface area (Å²) in [7, 11) is 0. The molecule has 0 spiro atoms. The van der Waals surface area contributed by atoms with Crippen molar-refractivity contribution >= 4 is 5.69 Å². The molecule has 1 heterocycles. The van der Waals surface area contributed by atoms with E-state index in [1.807, 2.05) is 24.3 Å². The van der Waals surface area contributed by atoms with Gasteiger partial charge in [-0.3, -0.25) is 10.8 Å². The van der Waals surface area contributed by atoms with Crippen LogP contribution in [-0.4, -0.2) is 4.98 Å². The Hall–Kier alpha value is -2.07. The van der Waals surface area contributed by atoms with Crippen LogP contribution in [0.1, 0.15) is 31.0 Å². The minimum atomic E-state index is 0.428. The Morgan fingerprint density at radius 3 is 2.84 bits per heavy atom.